The molecule has 1 unspecified atom stereocenters. The van der Waals surface area contributed by atoms with E-state index in [1.807, 2.05) is 0 Å². The van der Waals surface area contributed by atoms with Gasteiger partial charge in [-0.3, -0.25) is 4.79 Å². The second-order valence-electron chi connectivity index (χ2n) is 6.51. The zero-order chi connectivity index (χ0) is 21.7. The van der Waals surface area contributed by atoms with Crippen molar-refractivity contribution in [3.05, 3.63) is 82.1 Å². The number of carbonyl (C=O) groups excluding carboxylic acids is 1. The molecular formula is C21H19F2NO4S2. The number of amides is 1. The molecule has 0 aliphatic rings. The number of rotatable bonds is 8. The van der Waals surface area contributed by atoms with E-state index < -0.39 is 32.6 Å². The summed E-state index contributed by atoms with van der Waals surface area (Å²) in [5.74, 6) is -1.12. The number of sulfone groups is 1. The van der Waals surface area contributed by atoms with Crippen LogP contribution in [0.5, 0.6) is 5.75 Å². The number of thiophene rings is 1. The minimum Gasteiger partial charge on any atom is -0.484 e. The molecule has 1 aromatic heterocycles. The molecule has 0 fully saturated rings. The van der Waals surface area contributed by atoms with E-state index in [0.29, 0.717) is 10.6 Å². The van der Waals surface area contributed by atoms with Crippen LogP contribution in [-0.2, 0) is 14.6 Å². The van der Waals surface area contributed by atoms with Gasteiger partial charge in [0.1, 0.15) is 22.6 Å². The van der Waals surface area contributed by atoms with Crippen molar-refractivity contribution >= 4 is 27.1 Å². The molecule has 0 radical (unpaired) electrons. The average Bonchev–Trinajstić information content (AvgIpc) is 3.24. The highest BCUT2D eigenvalue weighted by molar-refractivity contribution is 7.91. The van der Waals surface area contributed by atoms with E-state index in [1.165, 1.54) is 54.7 Å². The predicted molar refractivity (Wildman–Crippen MR) is 110 cm³/mol. The predicted octanol–water partition coefficient (Wildman–Crippen LogP) is 4.04. The summed E-state index contributed by atoms with van der Waals surface area (Å²) in [5.41, 5.74) is 0.220. The van der Waals surface area contributed by atoms with Crippen molar-refractivity contribution in [1.29, 1.82) is 0 Å². The van der Waals surface area contributed by atoms with Gasteiger partial charge in [0.05, 0.1) is 4.90 Å². The summed E-state index contributed by atoms with van der Waals surface area (Å²) in [4.78, 5) is 12.7. The maximum absolute atomic E-state index is 13.6. The summed E-state index contributed by atoms with van der Waals surface area (Å²) in [5, 5.41) is 3.28. The van der Waals surface area contributed by atoms with Crippen LogP contribution >= 0.6 is 11.3 Å². The molecule has 1 heterocycles. The fourth-order valence-corrected chi connectivity index (χ4v) is 5.60. The highest BCUT2D eigenvalue weighted by Crippen LogP contribution is 2.32. The molecule has 3 aromatic rings. The number of aryl methyl sites for hydroxylation is 1. The van der Waals surface area contributed by atoms with Crippen molar-refractivity contribution in [2.45, 2.75) is 17.1 Å². The number of carbonyl (C=O) groups is 1. The van der Waals surface area contributed by atoms with Gasteiger partial charge in [0, 0.05) is 11.4 Å². The van der Waals surface area contributed by atoms with Gasteiger partial charge in [0.15, 0.2) is 16.4 Å². The van der Waals surface area contributed by atoms with Gasteiger partial charge in [-0.2, -0.15) is 0 Å². The van der Waals surface area contributed by atoms with E-state index in [-0.39, 0.29) is 23.6 Å². The minimum atomic E-state index is -3.88. The van der Waals surface area contributed by atoms with Crippen LogP contribution in [0, 0.1) is 18.6 Å². The number of ether oxygens (including phenoxy) is 1. The highest BCUT2D eigenvalue weighted by Gasteiger charge is 2.31. The van der Waals surface area contributed by atoms with Crippen molar-refractivity contribution < 1.29 is 26.7 Å². The molecule has 158 valence electrons. The Morgan fingerprint density at radius 2 is 1.87 bits per heavy atom. The molecule has 5 nitrogen and oxygen atoms in total. The molecule has 0 saturated heterocycles. The molecule has 1 atom stereocenters. The molecule has 9 heteroatoms. The van der Waals surface area contributed by atoms with Crippen LogP contribution < -0.4 is 10.1 Å². The first kappa shape index (κ1) is 21.9. The molecule has 1 N–H and O–H groups in total. The first-order chi connectivity index (χ1) is 14.3. The molecule has 0 aliphatic heterocycles. The smallest absolute Gasteiger partial charge is 0.257 e. The summed E-state index contributed by atoms with van der Waals surface area (Å²) < 4.78 is 58.1. The van der Waals surface area contributed by atoms with E-state index >= 15 is 0 Å². The fourth-order valence-electron chi connectivity index (χ4n) is 2.73. The van der Waals surface area contributed by atoms with Crippen LogP contribution in [0.1, 0.15) is 15.7 Å². The third-order valence-corrected chi connectivity index (χ3v) is 7.58. The molecular weight excluding hydrogens is 432 g/mol. The lowest BCUT2D eigenvalue weighted by molar-refractivity contribution is -0.123. The van der Waals surface area contributed by atoms with Gasteiger partial charge >= 0.3 is 0 Å². The van der Waals surface area contributed by atoms with Crippen molar-refractivity contribution in [1.82, 2.24) is 5.32 Å². The van der Waals surface area contributed by atoms with Gasteiger partial charge in [-0.15, -0.1) is 11.3 Å². The van der Waals surface area contributed by atoms with E-state index in [4.69, 9.17) is 4.74 Å². The van der Waals surface area contributed by atoms with Crippen LogP contribution in [0.4, 0.5) is 8.78 Å². The van der Waals surface area contributed by atoms with Gasteiger partial charge in [0.2, 0.25) is 0 Å². The van der Waals surface area contributed by atoms with Gasteiger partial charge in [-0.25, -0.2) is 17.2 Å². The molecule has 2 aromatic carbocycles. The number of benzene rings is 2. The van der Waals surface area contributed by atoms with Gasteiger partial charge in [0.25, 0.3) is 5.91 Å². The Kier molecular flexibility index (Phi) is 6.84. The van der Waals surface area contributed by atoms with E-state index in [2.05, 4.69) is 5.32 Å². The summed E-state index contributed by atoms with van der Waals surface area (Å²) in [6, 6.07) is 12.2. The minimum absolute atomic E-state index is 0.0170. The third kappa shape index (κ3) is 5.22. The molecule has 0 bridgehead atoms. The fraction of sp³-hybridized carbons (Fsp3) is 0.190. The highest BCUT2D eigenvalue weighted by atomic mass is 32.2. The topological polar surface area (TPSA) is 72.5 Å². The van der Waals surface area contributed by atoms with E-state index in [0.717, 1.165) is 6.07 Å². The summed E-state index contributed by atoms with van der Waals surface area (Å²) in [7, 11) is -3.88. The van der Waals surface area contributed by atoms with Crippen LogP contribution in [-0.4, -0.2) is 27.5 Å². The van der Waals surface area contributed by atoms with Crippen LogP contribution in [0.3, 0.4) is 0 Å². The van der Waals surface area contributed by atoms with E-state index in [1.54, 1.807) is 17.5 Å². The summed E-state index contributed by atoms with van der Waals surface area (Å²) in [6.45, 7) is 0.965. The lowest BCUT2D eigenvalue weighted by Crippen LogP contribution is -2.34. The second kappa shape index (κ2) is 9.36. The first-order valence-corrected chi connectivity index (χ1v) is 11.4. The molecule has 3 rings (SSSR count). The van der Waals surface area contributed by atoms with Crippen LogP contribution in [0.25, 0.3) is 0 Å². The largest absolute Gasteiger partial charge is 0.484 e. The standard InChI is InChI=1S/C21H19F2NO4S2/c1-14-11-17(8-9-18(14)23)30(26,27)20(19-3-2-10-29-19)12-24-21(25)13-28-16-6-4-15(22)5-7-16/h2-11,20H,12-13H2,1H3,(H,24,25). The normalized spacial score (nSPS) is 12.4. The van der Waals surface area contributed by atoms with Gasteiger partial charge < -0.3 is 10.1 Å². The number of hydrogen-bond acceptors (Lipinski definition) is 5. The number of nitrogens with one attached hydrogen (secondary N) is 1. The lowest BCUT2D eigenvalue weighted by Gasteiger charge is -2.18. The third-order valence-electron chi connectivity index (χ3n) is 4.36. The Balaban J connectivity index is 1.72. The van der Waals surface area contributed by atoms with E-state index in [9.17, 15) is 22.0 Å². The summed E-state index contributed by atoms with van der Waals surface area (Å²) >= 11 is 1.25. The zero-order valence-electron chi connectivity index (χ0n) is 16.0. The quantitative estimate of drug-likeness (QED) is 0.525. The second-order valence-corrected chi connectivity index (χ2v) is 9.62. The number of halogens is 2. The first-order valence-electron chi connectivity index (χ1n) is 8.96. The number of hydrogen-bond donors (Lipinski definition) is 1. The molecule has 1 amide bonds. The Morgan fingerprint density at radius 1 is 1.13 bits per heavy atom. The monoisotopic (exact) mass is 451 g/mol. The Hall–Kier alpha value is -2.78. The van der Waals surface area contributed by atoms with Gasteiger partial charge in [-0.1, -0.05) is 6.07 Å². The lowest BCUT2D eigenvalue weighted by atomic mass is 10.2. The molecule has 0 aliphatic carbocycles. The van der Waals surface area contributed by atoms with Gasteiger partial charge in [-0.05, 0) is 66.4 Å². The Bertz CT molecular complexity index is 1110. The SMILES string of the molecule is Cc1cc(S(=O)(=O)C(CNC(=O)COc2ccc(F)cc2)c2cccs2)ccc1F. The average molecular weight is 452 g/mol. The van der Waals surface area contributed by atoms with Crippen molar-refractivity contribution in [2.75, 3.05) is 13.2 Å². The summed E-state index contributed by atoms with van der Waals surface area (Å²) in [6.07, 6.45) is 0. The van der Waals surface area contributed by atoms with Crippen molar-refractivity contribution in [3.8, 4) is 5.75 Å². The van der Waals surface area contributed by atoms with Crippen LogP contribution in [0.15, 0.2) is 64.9 Å². The molecule has 30 heavy (non-hydrogen) atoms. The Morgan fingerprint density at radius 3 is 2.50 bits per heavy atom. The maximum Gasteiger partial charge on any atom is 0.257 e. The Labute approximate surface area is 177 Å². The van der Waals surface area contributed by atoms with Crippen LogP contribution in [0.2, 0.25) is 0 Å². The maximum atomic E-state index is 13.6. The zero-order valence-corrected chi connectivity index (χ0v) is 17.6. The molecule has 0 spiro atoms. The molecule has 0 saturated carbocycles. The van der Waals surface area contributed by atoms with Crippen molar-refractivity contribution in [3.63, 3.8) is 0 Å². The van der Waals surface area contributed by atoms with Crippen molar-refractivity contribution in [2.24, 2.45) is 0 Å².